The maximum atomic E-state index is 11.1. The molecule has 1 fully saturated rings. The fourth-order valence-electron chi connectivity index (χ4n) is 1.57. The number of rotatable bonds is 0. The highest BCUT2D eigenvalue weighted by atomic mass is 16.1. The Labute approximate surface area is 71.7 Å². The molecule has 0 radical (unpaired) electrons. The molecule has 1 N–H and O–H groups in total. The van der Waals surface area contributed by atoms with E-state index in [1.54, 1.807) is 0 Å². The van der Waals surface area contributed by atoms with Crippen LogP contribution in [0.3, 0.4) is 0 Å². The smallest absolute Gasteiger partial charge is 0.224 e. The summed E-state index contributed by atoms with van der Waals surface area (Å²) in [6, 6.07) is 0.211. The van der Waals surface area contributed by atoms with E-state index in [1.807, 2.05) is 30.4 Å². The van der Waals surface area contributed by atoms with Gasteiger partial charge in [-0.3, -0.25) is 4.79 Å². The van der Waals surface area contributed by atoms with Gasteiger partial charge in [-0.1, -0.05) is 36.0 Å². The lowest BCUT2D eigenvalue weighted by molar-refractivity contribution is -0.121. The van der Waals surface area contributed by atoms with Crippen LogP contribution in [-0.4, -0.2) is 11.9 Å². The van der Waals surface area contributed by atoms with Crippen LogP contribution >= 0.6 is 0 Å². The number of nitrogens with one attached hydrogen (secondary N) is 1. The third-order valence-electron chi connectivity index (χ3n) is 2.11. The van der Waals surface area contributed by atoms with Crippen LogP contribution in [0.2, 0.25) is 0 Å². The molecule has 2 aliphatic rings. The SMILES string of the molecule is O=C1CC2=CC=CC=CC(C2)N1. The average Bonchev–Trinajstić information content (AvgIpc) is 2.00. The number of fused-ring (bicyclic) bond motifs is 2. The molecule has 1 aliphatic heterocycles. The van der Waals surface area contributed by atoms with Crippen LogP contribution in [0.25, 0.3) is 0 Å². The lowest BCUT2D eigenvalue weighted by atomic mass is 9.96. The molecule has 2 bridgehead atoms. The van der Waals surface area contributed by atoms with E-state index in [0.29, 0.717) is 6.42 Å². The maximum Gasteiger partial charge on any atom is 0.224 e. The first-order chi connectivity index (χ1) is 5.84. The third-order valence-corrected chi connectivity index (χ3v) is 2.11. The predicted molar refractivity (Wildman–Crippen MR) is 47.5 cm³/mol. The number of piperidine rings is 1. The van der Waals surface area contributed by atoms with Gasteiger partial charge in [0.15, 0.2) is 0 Å². The van der Waals surface area contributed by atoms with E-state index in [1.165, 1.54) is 5.57 Å². The molecule has 62 valence electrons. The van der Waals surface area contributed by atoms with Gasteiger partial charge in [0.1, 0.15) is 0 Å². The quantitative estimate of drug-likeness (QED) is 0.570. The standard InChI is InChI=1S/C10H11NO/c12-10-7-8-4-2-1-3-5-9(6-8)11-10/h1-5,9H,6-7H2,(H,11,12). The van der Waals surface area contributed by atoms with Gasteiger partial charge in [-0.05, 0) is 6.42 Å². The van der Waals surface area contributed by atoms with Crippen molar-refractivity contribution in [2.24, 2.45) is 0 Å². The third kappa shape index (κ3) is 1.47. The molecule has 0 saturated carbocycles. The zero-order valence-electron chi connectivity index (χ0n) is 6.79. The van der Waals surface area contributed by atoms with E-state index in [0.717, 1.165) is 6.42 Å². The molecule has 1 saturated heterocycles. The van der Waals surface area contributed by atoms with Crippen molar-refractivity contribution in [2.45, 2.75) is 18.9 Å². The Morgan fingerprint density at radius 3 is 3.17 bits per heavy atom. The minimum absolute atomic E-state index is 0.137. The van der Waals surface area contributed by atoms with Gasteiger partial charge in [0.25, 0.3) is 0 Å². The van der Waals surface area contributed by atoms with E-state index in [2.05, 4.69) is 5.32 Å². The van der Waals surface area contributed by atoms with Crippen molar-refractivity contribution in [1.29, 1.82) is 0 Å². The number of hydrogen-bond acceptors (Lipinski definition) is 1. The minimum Gasteiger partial charge on any atom is -0.349 e. The van der Waals surface area contributed by atoms with Crippen molar-refractivity contribution in [3.63, 3.8) is 0 Å². The van der Waals surface area contributed by atoms with Crippen LogP contribution in [0.4, 0.5) is 0 Å². The van der Waals surface area contributed by atoms with Crippen molar-refractivity contribution in [1.82, 2.24) is 5.32 Å². The van der Waals surface area contributed by atoms with Gasteiger partial charge in [-0.15, -0.1) is 0 Å². The van der Waals surface area contributed by atoms with Gasteiger partial charge >= 0.3 is 0 Å². The molecule has 0 aromatic carbocycles. The summed E-state index contributed by atoms with van der Waals surface area (Å²) in [5.74, 6) is 0.137. The summed E-state index contributed by atoms with van der Waals surface area (Å²) in [5, 5.41) is 2.92. The van der Waals surface area contributed by atoms with E-state index in [-0.39, 0.29) is 11.9 Å². The second-order valence-corrected chi connectivity index (χ2v) is 3.15. The lowest BCUT2D eigenvalue weighted by Gasteiger charge is -2.23. The number of carbonyl (C=O) groups is 1. The Balaban J connectivity index is 2.28. The molecule has 0 spiro atoms. The molecular formula is C10H11NO. The van der Waals surface area contributed by atoms with Crippen molar-refractivity contribution < 1.29 is 4.79 Å². The largest absolute Gasteiger partial charge is 0.349 e. The summed E-state index contributed by atoms with van der Waals surface area (Å²) in [4.78, 5) is 11.1. The lowest BCUT2D eigenvalue weighted by Crippen LogP contribution is -2.38. The van der Waals surface area contributed by atoms with Crippen LogP contribution < -0.4 is 5.32 Å². The number of hydrogen-bond donors (Lipinski definition) is 1. The normalized spacial score (nSPS) is 27.2. The zero-order valence-corrected chi connectivity index (χ0v) is 6.79. The predicted octanol–water partition coefficient (Wildman–Crippen LogP) is 1.32. The summed E-state index contributed by atoms with van der Waals surface area (Å²) in [6.45, 7) is 0. The Bertz CT molecular complexity index is 286. The summed E-state index contributed by atoms with van der Waals surface area (Å²) in [5.41, 5.74) is 1.23. The number of allylic oxidation sites excluding steroid dienone is 4. The van der Waals surface area contributed by atoms with E-state index in [4.69, 9.17) is 0 Å². The zero-order chi connectivity index (χ0) is 8.39. The van der Waals surface area contributed by atoms with Crippen LogP contribution in [0, 0.1) is 0 Å². The van der Waals surface area contributed by atoms with Crippen molar-refractivity contribution in [2.75, 3.05) is 0 Å². The molecule has 2 nitrogen and oxygen atoms in total. The molecule has 1 unspecified atom stereocenters. The molecule has 1 aliphatic carbocycles. The second kappa shape index (κ2) is 2.97. The molecule has 1 amide bonds. The molecule has 1 heterocycles. The summed E-state index contributed by atoms with van der Waals surface area (Å²) in [7, 11) is 0. The summed E-state index contributed by atoms with van der Waals surface area (Å²) in [6.07, 6.45) is 11.5. The van der Waals surface area contributed by atoms with Gasteiger partial charge in [0, 0.05) is 6.42 Å². The molecule has 2 heteroatoms. The first-order valence-electron chi connectivity index (χ1n) is 4.17. The number of carbonyl (C=O) groups excluding carboxylic acids is 1. The topological polar surface area (TPSA) is 29.1 Å². The van der Waals surface area contributed by atoms with E-state index < -0.39 is 0 Å². The van der Waals surface area contributed by atoms with Crippen LogP contribution in [0.5, 0.6) is 0 Å². The van der Waals surface area contributed by atoms with Crippen molar-refractivity contribution in [3.8, 4) is 0 Å². The number of amides is 1. The molecule has 0 aromatic rings. The highest BCUT2D eigenvalue weighted by Gasteiger charge is 2.19. The van der Waals surface area contributed by atoms with Gasteiger partial charge in [0.05, 0.1) is 6.04 Å². The van der Waals surface area contributed by atoms with Gasteiger partial charge < -0.3 is 5.32 Å². The molecule has 12 heavy (non-hydrogen) atoms. The molecule has 2 rings (SSSR count). The van der Waals surface area contributed by atoms with Gasteiger partial charge in [0.2, 0.25) is 5.91 Å². The maximum absolute atomic E-state index is 11.1. The van der Waals surface area contributed by atoms with E-state index >= 15 is 0 Å². The molecule has 1 atom stereocenters. The first-order valence-corrected chi connectivity index (χ1v) is 4.17. The Kier molecular flexibility index (Phi) is 1.82. The first kappa shape index (κ1) is 7.35. The van der Waals surface area contributed by atoms with Gasteiger partial charge in [-0.2, -0.15) is 0 Å². The Hall–Kier alpha value is -1.31. The van der Waals surface area contributed by atoms with Crippen LogP contribution in [-0.2, 0) is 4.79 Å². The fourth-order valence-corrected chi connectivity index (χ4v) is 1.57. The Morgan fingerprint density at radius 2 is 2.25 bits per heavy atom. The van der Waals surface area contributed by atoms with Crippen LogP contribution in [0.15, 0.2) is 36.0 Å². The van der Waals surface area contributed by atoms with Crippen molar-refractivity contribution in [3.05, 3.63) is 36.0 Å². The fraction of sp³-hybridized carbons (Fsp3) is 0.300. The summed E-state index contributed by atoms with van der Waals surface area (Å²) >= 11 is 0. The minimum atomic E-state index is 0.137. The second-order valence-electron chi connectivity index (χ2n) is 3.15. The van der Waals surface area contributed by atoms with Crippen LogP contribution in [0.1, 0.15) is 12.8 Å². The highest BCUT2D eigenvalue weighted by Crippen LogP contribution is 2.18. The van der Waals surface area contributed by atoms with Crippen molar-refractivity contribution >= 4 is 5.91 Å². The van der Waals surface area contributed by atoms with Gasteiger partial charge in [-0.25, -0.2) is 0 Å². The monoisotopic (exact) mass is 161 g/mol. The summed E-state index contributed by atoms with van der Waals surface area (Å²) < 4.78 is 0. The molecule has 0 aromatic heterocycles. The average molecular weight is 161 g/mol. The Morgan fingerprint density at radius 1 is 1.33 bits per heavy atom. The molecular weight excluding hydrogens is 150 g/mol. The highest BCUT2D eigenvalue weighted by molar-refractivity contribution is 5.80. The van der Waals surface area contributed by atoms with E-state index in [9.17, 15) is 4.79 Å².